The summed E-state index contributed by atoms with van der Waals surface area (Å²) in [6.07, 6.45) is 2.50. The Morgan fingerprint density at radius 3 is 2.17 bits per heavy atom. The molecule has 3 aliphatic rings. The van der Waals surface area contributed by atoms with Gasteiger partial charge in [0.25, 0.3) is 0 Å². The van der Waals surface area contributed by atoms with Crippen molar-refractivity contribution in [3.05, 3.63) is 89.2 Å². The molecule has 6 heteroatoms. The number of aryl methyl sites for hydroxylation is 1. The van der Waals surface area contributed by atoms with E-state index in [1.807, 2.05) is 48.2 Å². The average molecular weight is 469 g/mol. The van der Waals surface area contributed by atoms with Gasteiger partial charge in [-0.05, 0) is 54.2 Å². The first kappa shape index (κ1) is 22.0. The third kappa shape index (κ3) is 3.92. The minimum atomic E-state index is -0.312. The molecule has 2 bridgehead atoms. The van der Waals surface area contributed by atoms with Crippen LogP contribution in [0.4, 0.5) is 4.79 Å². The van der Waals surface area contributed by atoms with E-state index in [0.29, 0.717) is 38.2 Å². The number of rotatable bonds is 4. The number of ketones is 1. The van der Waals surface area contributed by atoms with Crippen molar-refractivity contribution in [2.24, 2.45) is 5.92 Å². The number of hydrogen-bond donors (Lipinski definition) is 0. The SMILES string of the molecule is Cc1ccc(C(=O)C2CC3COCC(C2)N3C(=O)OCC2c3ccccc3-c3ccccc32)cn1. The lowest BCUT2D eigenvalue weighted by Gasteiger charge is -2.47. The van der Waals surface area contributed by atoms with Crippen molar-refractivity contribution in [1.29, 1.82) is 0 Å². The highest BCUT2D eigenvalue weighted by Gasteiger charge is 2.45. The molecule has 2 atom stereocenters. The van der Waals surface area contributed by atoms with Crippen LogP contribution in [-0.4, -0.2) is 53.7 Å². The number of amides is 1. The Morgan fingerprint density at radius 2 is 1.57 bits per heavy atom. The van der Waals surface area contributed by atoms with Gasteiger partial charge in [-0.15, -0.1) is 0 Å². The summed E-state index contributed by atoms with van der Waals surface area (Å²) in [4.78, 5) is 32.6. The Bertz CT molecular complexity index is 1210. The van der Waals surface area contributed by atoms with E-state index in [4.69, 9.17) is 9.47 Å². The number of morpholine rings is 1. The molecule has 2 fully saturated rings. The van der Waals surface area contributed by atoms with Gasteiger partial charge in [-0.1, -0.05) is 48.5 Å². The van der Waals surface area contributed by atoms with Gasteiger partial charge in [0.05, 0.1) is 25.3 Å². The van der Waals surface area contributed by atoms with Gasteiger partial charge >= 0.3 is 6.09 Å². The highest BCUT2D eigenvalue weighted by Crippen LogP contribution is 2.44. The van der Waals surface area contributed by atoms with E-state index in [0.717, 1.165) is 5.69 Å². The van der Waals surface area contributed by atoms with Crippen molar-refractivity contribution in [2.45, 2.75) is 37.8 Å². The smallest absolute Gasteiger partial charge is 0.410 e. The minimum absolute atomic E-state index is 0.0237. The van der Waals surface area contributed by atoms with Crippen molar-refractivity contribution in [2.75, 3.05) is 19.8 Å². The summed E-state index contributed by atoms with van der Waals surface area (Å²) in [7, 11) is 0. The zero-order chi connectivity index (χ0) is 23.9. The molecule has 2 aromatic carbocycles. The highest BCUT2D eigenvalue weighted by molar-refractivity contribution is 5.97. The van der Waals surface area contributed by atoms with E-state index in [1.54, 1.807) is 6.20 Å². The van der Waals surface area contributed by atoms with Crippen LogP contribution in [0.25, 0.3) is 11.1 Å². The van der Waals surface area contributed by atoms with Crippen LogP contribution in [0.1, 0.15) is 45.9 Å². The van der Waals surface area contributed by atoms with Gasteiger partial charge in [0.2, 0.25) is 0 Å². The maximum Gasteiger partial charge on any atom is 0.410 e. The molecule has 0 spiro atoms. The number of pyridine rings is 1. The molecule has 6 rings (SSSR count). The number of aromatic nitrogens is 1. The fraction of sp³-hybridized carbons (Fsp3) is 0.345. The third-order valence-corrected chi connectivity index (χ3v) is 7.63. The number of nitrogens with zero attached hydrogens (tertiary/aromatic N) is 2. The molecule has 3 heterocycles. The van der Waals surface area contributed by atoms with Gasteiger partial charge in [0, 0.05) is 29.3 Å². The molecule has 1 aromatic heterocycles. The van der Waals surface area contributed by atoms with Crippen LogP contribution in [0.3, 0.4) is 0 Å². The van der Waals surface area contributed by atoms with Crippen LogP contribution in [0.15, 0.2) is 66.9 Å². The van der Waals surface area contributed by atoms with Crippen LogP contribution >= 0.6 is 0 Å². The summed E-state index contributed by atoms with van der Waals surface area (Å²) in [5.41, 5.74) is 6.33. The molecule has 3 aromatic rings. The quantitative estimate of drug-likeness (QED) is 0.504. The van der Waals surface area contributed by atoms with Gasteiger partial charge in [0.1, 0.15) is 6.61 Å². The number of piperidine rings is 1. The van der Waals surface area contributed by atoms with Crippen LogP contribution in [-0.2, 0) is 9.47 Å². The van der Waals surface area contributed by atoms with Crippen LogP contribution in [0, 0.1) is 12.8 Å². The Kier molecular flexibility index (Phi) is 5.61. The molecule has 2 saturated heterocycles. The second-order valence-corrected chi connectivity index (χ2v) is 9.78. The molecule has 2 aliphatic heterocycles. The largest absolute Gasteiger partial charge is 0.448 e. The van der Waals surface area contributed by atoms with E-state index in [9.17, 15) is 9.59 Å². The first-order valence-electron chi connectivity index (χ1n) is 12.3. The molecule has 2 unspecified atom stereocenters. The fourth-order valence-electron chi connectivity index (χ4n) is 5.95. The second-order valence-electron chi connectivity index (χ2n) is 9.78. The number of benzene rings is 2. The zero-order valence-electron chi connectivity index (χ0n) is 19.7. The first-order valence-corrected chi connectivity index (χ1v) is 12.3. The number of carbonyl (C=O) groups is 2. The van der Waals surface area contributed by atoms with Gasteiger partial charge in [-0.3, -0.25) is 14.7 Å². The molecule has 178 valence electrons. The first-order chi connectivity index (χ1) is 17.1. The molecule has 35 heavy (non-hydrogen) atoms. The van der Waals surface area contributed by atoms with Gasteiger partial charge in [-0.25, -0.2) is 4.79 Å². The topological polar surface area (TPSA) is 68.7 Å². The number of hydrogen-bond acceptors (Lipinski definition) is 5. The number of ether oxygens (including phenoxy) is 2. The summed E-state index contributed by atoms with van der Waals surface area (Å²) in [6, 6.07) is 20.0. The standard InChI is InChI=1S/C29H28N2O4/c1-18-10-11-19(14-30-18)28(32)20-12-21-15-34-16-22(13-20)31(21)29(33)35-17-27-25-8-4-2-6-23(25)24-7-3-5-9-26(24)27/h2-11,14,20-22,27H,12-13,15-17H2,1H3. The minimum Gasteiger partial charge on any atom is -0.448 e. The molecular weight excluding hydrogens is 440 g/mol. The van der Waals surface area contributed by atoms with Gasteiger partial charge in [0.15, 0.2) is 5.78 Å². The zero-order valence-corrected chi connectivity index (χ0v) is 19.7. The second kappa shape index (κ2) is 8.93. The predicted octanol–water partition coefficient (Wildman–Crippen LogP) is 5.00. The fourth-order valence-corrected chi connectivity index (χ4v) is 5.95. The molecule has 0 saturated carbocycles. The summed E-state index contributed by atoms with van der Waals surface area (Å²) in [5.74, 6) is -0.0202. The van der Waals surface area contributed by atoms with Crippen molar-refractivity contribution in [3.8, 4) is 11.1 Å². The maximum absolute atomic E-state index is 13.3. The highest BCUT2D eigenvalue weighted by atomic mass is 16.6. The molecule has 0 N–H and O–H groups in total. The summed E-state index contributed by atoms with van der Waals surface area (Å²) in [6.45, 7) is 3.05. The van der Waals surface area contributed by atoms with Crippen LogP contribution in [0.5, 0.6) is 0 Å². The molecule has 6 nitrogen and oxygen atoms in total. The summed E-state index contributed by atoms with van der Waals surface area (Å²) in [5, 5.41) is 0. The maximum atomic E-state index is 13.3. The van der Waals surface area contributed by atoms with E-state index >= 15 is 0 Å². The Hall–Kier alpha value is -3.51. The van der Waals surface area contributed by atoms with E-state index < -0.39 is 0 Å². The van der Waals surface area contributed by atoms with Crippen molar-refractivity contribution in [1.82, 2.24) is 9.88 Å². The molecule has 0 radical (unpaired) electrons. The number of fused-ring (bicyclic) bond motifs is 5. The van der Waals surface area contributed by atoms with Crippen LogP contribution in [0.2, 0.25) is 0 Å². The lowest BCUT2D eigenvalue weighted by Crippen LogP contribution is -2.60. The van der Waals surface area contributed by atoms with Gasteiger partial charge in [-0.2, -0.15) is 0 Å². The predicted molar refractivity (Wildman–Crippen MR) is 131 cm³/mol. The number of carbonyl (C=O) groups excluding carboxylic acids is 2. The van der Waals surface area contributed by atoms with Crippen molar-refractivity contribution in [3.63, 3.8) is 0 Å². The average Bonchev–Trinajstić information content (AvgIpc) is 3.20. The summed E-state index contributed by atoms with van der Waals surface area (Å²) < 4.78 is 11.7. The Labute approximate surface area is 204 Å². The molecule has 1 aliphatic carbocycles. The van der Waals surface area contributed by atoms with E-state index in [2.05, 4.69) is 29.2 Å². The molecule has 1 amide bonds. The van der Waals surface area contributed by atoms with E-state index in [-0.39, 0.29) is 35.8 Å². The normalized spacial score (nSPS) is 22.9. The van der Waals surface area contributed by atoms with Crippen molar-refractivity contribution < 1.29 is 19.1 Å². The van der Waals surface area contributed by atoms with Crippen LogP contribution < -0.4 is 0 Å². The monoisotopic (exact) mass is 468 g/mol. The third-order valence-electron chi connectivity index (χ3n) is 7.63. The van der Waals surface area contributed by atoms with Gasteiger partial charge < -0.3 is 9.47 Å². The lowest BCUT2D eigenvalue weighted by atomic mass is 9.81. The van der Waals surface area contributed by atoms with E-state index in [1.165, 1.54) is 22.3 Å². The lowest BCUT2D eigenvalue weighted by molar-refractivity contribution is -0.0747. The Balaban J connectivity index is 1.16. The molecular formula is C29H28N2O4. The van der Waals surface area contributed by atoms with Crippen molar-refractivity contribution >= 4 is 11.9 Å². The number of Topliss-reactive ketones (excluding diaryl/α,β-unsaturated/α-hetero) is 1. The summed E-state index contributed by atoms with van der Waals surface area (Å²) >= 11 is 0. The Morgan fingerprint density at radius 1 is 0.943 bits per heavy atom.